The van der Waals surface area contributed by atoms with Gasteiger partial charge in [0.05, 0.1) is 6.61 Å². The number of carbonyl (C=O) groups is 2. The van der Waals surface area contributed by atoms with E-state index in [1.807, 2.05) is 6.92 Å². The molecule has 2 heterocycles. The molecule has 1 aliphatic rings. The zero-order chi connectivity index (χ0) is 14.8. The lowest BCUT2D eigenvalue weighted by atomic mass is 9.98. The molecule has 1 amide bonds. The first-order chi connectivity index (χ1) is 9.47. The van der Waals surface area contributed by atoms with Gasteiger partial charge >= 0.3 is 5.97 Å². The number of amides is 1. The van der Waals surface area contributed by atoms with Crippen LogP contribution in [0.5, 0.6) is 0 Å². The standard InChI is InChI=1S/C13H15ClN2O4/c1-2-9-5-8(6-10(14)15-9)11(17)16-13(12(18)19)3-4-20-7-13/h5-6H,2-4,7H2,1H3,(H,16,17)(H,18,19). The summed E-state index contributed by atoms with van der Waals surface area (Å²) in [5.74, 6) is -1.59. The minimum atomic E-state index is -1.36. The van der Waals surface area contributed by atoms with Gasteiger partial charge in [0.2, 0.25) is 0 Å². The second kappa shape index (κ2) is 5.76. The minimum Gasteiger partial charge on any atom is -0.479 e. The number of rotatable bonds is 4. The molecule has 108 valence electrons. The Bertz CT molecular complexity index is 541. The summed E-state index contributed by atoms with van der Waals surface area (Å²) >= 11 is 5.85. The van der Waals surface area contributed by atoms with E-state index in [4.69, 9.17) is 16.3 Å². The Morgan fingerprint density at radius 2 is 2.30 bits per heavy atom. The normalized spacial score (nSPS) is 21.7. The number of hydrogen-bond donors (Lipinski definition) is 2. The molecule has 2 rings (SSSR count). The van der Waals surface area contributed by atoms with Gasteiger partial charge in [-0.15, -0.1) is 0 Å². The number of pyridine rings is 1. The predicted molar refractivity (Wildman–Crippen MR) is 71.9 cm³/mol. The van der Waals surface area contributed by atoms with Crippen LogP contribution in [0, 0.1) is 0 Å². The van der Waals surface area contributed by atoms with Crippen molar-refractivity contribution in [2.75, 3.05) is 13.2 Å². The van der Waals surface area contributed by atoms with E-state index >= 15 is 0 Å². The quantitative estimate of drug-likeness (QED) is 0.817. The number of carbonyl (C=O) groups excluding carboxylic acids is 1. The fourth-order valence-corrected chi connectivity index (χ4v) is 2.26. The smallest absolute Gasteiger partial charge is 0.331 e. The van der Waals surface area contributed by atoms with Crippen molar-refractivity contribution in [3.63, 3.8) is 0 Å². The van der Waals surface area contributed by atoms with E-state index in [1.54, 1.807) is 6.07 Å². The zero-order valence-electron chi connectivity index (χ0n) is 11.0. The third-order valence-corrected chi connectivity index (χ3v) is 3.45. The number of ether oxygens (including phenoxy) is 1. The van der Waals surface area contributed by atoms with Gasteiger partial charge < -0.3 is 15.2 Å². The van der Waals surface area contributed by atoms with Gasteiger partial charge in [0.25, 0.3) is 5.91 Å². The number of carboxylic acid groups (broad SMARTS) is 1. The van der Waals surface area contributed by atoms with Crippen LogP contribution in [-0.2, 0) is 16.0 Å². The van der Waals surface area contributed by atoms with Crippen LogP contribution in [0.2, 0.25) is 5.15 Å². The van der Waals surface area contributed by atoms with Crippen LogP contribution < -0.4 is 5.32 Å². The third-order valence-electron chi connectivity index (χ3n) is 3.26. The second-order valence-electron chi connectivity index (χ2n) is 4.67. The van der Waals surface area contributed by atoms with Gasteiger partial charge in [0, 0.05) is 24.3 Å². The number of aromatic nitrogens is 1. The van der Waals surface area contributed by atoms with Crippen molar-refractivity contribution >= 4 is 23.5 Å². The number of aryl methyl sites for hydroxylation is 1. The SMILES string of the molecule is CCc1cc(C(=O)NC2(C(=O)O)CCOC2)cc(Cl)n1. The second-order valence-corrected chi connectivity index (χ2v) is 5.05. The molecule has 0 aromatic carbocycles. The summed E-state index contributed by atoms with van der Waals surface area (Å²) in [7, 11) is 0. The fourth-order valence-electron chi connectivity index (χ4n) is 2.04. The molecular formula is C13H15ClN2O4. The summed E-state index contributed by atoms with van der Waals surface area (Å²) in [5.41, 5.74) is -0.386. The lowest BCUT2D eigenvalue weighted by Crippen LogP contribution is -2.55. The van der Waals surface area contributed by atoms with Crippen LogP contribution in [0.1, 0.15) is 29.4 Å². The van der Waals surface area contributed by atoms with Crippen LogP contribution in [0.15, 0.2) is 12.1 Å². The molecule has 0 bridgehead atoms. The Morgan fingerprint density at radius 1 is 1.55 bits per heavy atom. The molecule has 0 spiro atoms. The average molecular weight is 299 g/mol. The van der Waals surface area contributed by atoms with Crippen molar-refractivity contribution in [3.05, 3.63) is 28.5 Å². The highest BCUT2D eigenvalue weighted by Crippen LogP contribution is 2.20. The fraction of sp³-hybridized carbons (Fsp3) is 0.462. The van der Waals surface area contributed by atoms with Gasteiger partial charge in [-0.05, 0) is 18.6 Å². The van der Waals surface area contributed by atoms with Crippen LogP contribution in [0.25, 0.3) is 0 Å². The number of nitrogens with one attached hydrogen (secondary N) is 1. The number of carboxylic acids is 1. The molecule has 1 saturated heterocycles. The zero-order valence-corrected chi connectivity index (χ0v) is 11.7. The van der Waals surface area contributed by atoms with Crippen molar-refractivity contribution in [1.29, 1.82) is 0 Å². The monoisotopic (exact) mass is 298 g/mol. The molecule has 0 saturated carbocycles. The first-order valence-corrected chi connectivity index (χ1v) is 6.65. The first kappa shape index (κ1) is 14.7. The van der Waals surface area contributed by atoms with Gasteiger partial charge in [-0.25, -0.2) is 9.78 Å². The number of halogens is 1. The van der Waals surface area contributed by atoms with E-state index in [-0.39, 0.29) is 18.2 Å². The Labute approximate surface area is 121 Å². The minimum absolute atomic E-state index is 0.0342. The van der Waals surface area contributed by atoms with Crippen LogP contribution in [-0.4, -0.2) is 40.7 Å². The Hall–Kier alpha value is -1.66. The van der Waals surface area contributed by atoms with Gasteiger partial charge in [0.15, 0.2) is 5.54 Å². The van der Waals surface area contributed by atoms with E-state index < -0.39 is 17.4 Å². The average Bonchev–Trinajstić information content (AvgIpc) is 2.87. The highest BCUT2D eigenvalue weighted by Gasteiger charge is 2.44. The summed E-state index contributed by atoms with van der Waals surface area (Å²) in [6.45, 7) is 2.17. The highest BCUT2D eigenvalue weighted by atomic mass is 35.5. The lowest BCUT2D eigenvalue weighted by molar-refractivity contribution is -0.144. The van der Waals surface area contributed by atoms with Crippen molar-refractivity contribution in [2.24, 2.45) is 0 Å². The molecular weight excluding hydrogens is 284 g/mol. The summed E-state index contributed by atoms with van der Waals surface area (Å²) in [6.07, 6.45) is 0.877. The maximum Gasteiger partial charge on any atom is 0.331 e. The Kier molecular flexibility index (Phi) is 4.25. The summed E-state index contributed by atoms with van der Waals surface area (Å²) < 4.78 is 5.09. The highest BCUT2D eigenvalue weighted by molar-refractivity contribution is 6.29. The lowest BCUT2D eigenvalue weighted by Gasteiger charge is -2.23. The number of aliphatic carboxylic acids is 1. The predicted octanol–water partition coefficient (Wildman–Crippen LogP) is 1.27. The molecule has 1 fully saturated rings. The molecule has 1 aromatic rings. The third kappa shape index (κ3) is 2.91. The first-order valence-electron chi connectivity index (χ1n) is 6.27. The van der Waals surface area contributed by atoms with Gasteiger partial charge in [0.1, 0.15) is 5.15 Å². The Morgan fingerprint density at radius 3 is 2.85 bits per heavy atom. The maximum atomic E-state index is 12.2. The van der Waals surface area contributed by atoms with Crippen molar-refractivity contribution in [3.8, 4) is 0 Å². The van der Waals surface area contributed by atoms with Crippen LogP contribution in [0.3, 0.4) is 0 Å². The molecule has 1 aromatic heterocycles. The van der Waals surface area contributed by atoms with Crippen molar-refractivity contribution < 1.29 is 19.4 Å². The molecule has 1 atom stereocenters. The maximum absolute atomic E-state index is 12.2. The van der Waals surface area contributed by atoms with Crippen molar-refractivity contribution in [2.45, 2.75) is 25.3 Å². The molecule has 6 nitrogen and oxygen atoms in total. The molecule has 20 heavy (non-hydrogen) atoms. The van der Waals surface area contributed by atoms with Crippen molar-refractivity contribution in [1.82, 2.24) is 10.3 Å². The summed E-state index contributed by atoms with van der Waals surface area (Å²) in [4.78, 5) is 27.6. The summed E-state index contributed by atoms with van der Waals surface area (Å²) in [6, 6.07) is 3.02. The topological polar surface area (TPSA) is 88.5 Å². The molecule has 1 aliphatic heterocycles. The van der Waals surface area contributed by atoms with E-state index in [2.05, 4.69) is 10.3 Å². The molecule has 2 N–H and O–H groups in total. The number of nitrogens with zero attached hydrogens (tertiary/aromatic N) is 1. The van der Waals surface area contributed by atoms with Gasteiger partial charge in [-0.2, -0.15) is 0 Å². The summed E-state index contributed by atoms with van der Waals surface area (Å²) in [5, 5.41) is 12.0. The van der Waals surface area contributed by atoms with Gasteiger partial charge in [-0.3, -0.25) is 4.79 Å². The molecule has 1 unspecified atom stereocenters. The molecule has 7 heteroatoms. The Balaban J connectivity index is 2.23. The van der Waals surface area contributed by atoms with E-state index in [0.29, 0.717) is 24.3 Å². The largest absolute Gasteiger partial charge is 0.479 e. The van der Waals surface area contributed by atoms with Crippen LogP contribution in [0.4, 0.5) is 0 Å². The molecule has 0 aliphatic carbocycles. The van der Waals surface area contributed by atoms with E-state index in [1.165, 1.54) is 6.07 Å². The van der Waals surface area contributed by atoms with Gasteiger partial charge in [-0.1, -0.05) is 18.5 Å². The van der Waals surface area contributed by atoms with E-state index in [9.17, 15) is 14.7 Å². The van der Waals surface area contributed by atoms with Crippen LogP contribution >= 0.6 is 11.6 Å². The number of hydrogen-bond acceptors (Lipinski definition) is 4. The molecule has 0 radical (unpaired) electrons. The van der Waals surface area contributed by atoms with E-state index in [0.717, 1.165) is 0 Å².